The van der Waals surface area contributed by atoms with E-state index in [0.29, 0.717) is 5.02 Å². The zero-order chi connectivity index (χ0) is 12.5. The van der Waals surface area contributed by atoms with Gasteiger partial charge in [-0.15, -0.1) is 0 Å². The molecular formula is C14H11BrClNO. The van der Waals surface area contributed by atoms with E-state index in [4.69, 9.17) is 16.3 Å². The minimum Gasteiger partial charge on any atom is -0.480 e. The Bertz CT molecular complexity index is 571. The lowest BCUT2D eigenvalue weighted by molar-refractivity contribution is 0.210. The highest BCUT2D eigenvalue weighted by atomic mass is 79.9. The fourth-order valence-electron chi connectivity index (χ4n) is 2.02. The smallest absolute Gasteiger partial charge is 0.161 e. The molecule has 0 radical (unpaired) electrons. The molecule has 0 fully saturated rings. The molecule has 1 unspecified atom stereocenters. The molecule has 0 aliphatic carbocycles. The van der Waals surface area contributed by atoms with E-state index in [0.717, 1.165) is 28.0 Å². The summed E-state index contributed by atoms with van der Waals surface area (Å²) in [6, 6.07) is 13.9. The van der Waals surface area contributed by atoms with Gasteiger partial charge in [-0.25, -0.2) is 0 Å². The zero-order valence-electron chi connectivity index (χ0n) is 9.49. The molecule has 0 spiro atoms. The van der Waals surface area contributed by atoms with Crippen molar-refractivity contribution in [3.63, 3.8) is 0 Å². The third kappa shape index (κ3) is 2.20. The second-order valence-electron chi connectivity index (χ2n) is 4.16. The molecular weight excluding hydrogens is 314 g/mol. The number of benzene rings is 2. The van der Waals surface area contributed by atoms with E-state index in [9.17, 15) is 0 Å². The van der Waals surface area contributed by atoms with Crippen molar-refractivity contribution >= 4 is 33.2 Å². The molecule has 1 N–H and O–H groups in total. The highest BCUT2D eigenvalue weighted by Crippen LogP contribution is 2.39. The maximum atomic E-state index is 6.15. The van der Waals surface area contributed by atoms with Crippen molar-refractivity contribution in [2.24, 2.45) is 0 Å². The number of rotatable bonds is 1. The SMILES string of the molecule is Clc1cccc2c1OC(c1ccc(Br)cc1)CN2. The Morgan fingerprint density at radius 1 is 1.17 bits per heavy atom. The standard InChI is InChI=1S/C14H11BrClNO/c15-10-6-4-9(5-7-10)13-8-17-12-3-1-2-11(16)14(12)18-13/h1-7,13,17H,8H2. The minimum atomic E-state index is -0.00880. The fourth-order valence-corrected chi connectivity index (χ4v) is 2.50. The number of anilines is 1. The lowest BCUT2D eigenvalue weighted by Gasteiger charge is -2.28. The van der Waals surface area contributed by atoms with Crippen LogP contribution in [0.15, 0.2) is 46.9 Å². The lowest BCUT2D eigenvalue weighted by Crippen LogP contribution is -2.23. The quantitative estimate of drug-likeness (QED) is 0.824. The number of halogens is 2. The van der Waals surface area contributed by atoms with Crippen molar-refractivity contribution in [1.82, 2.24) is 0 Å². The zero-order valence-corrected chi connectivity index (χ0v) is 11.8. The van der Waals surface area contributed by atoms with Crippen molar-refractivity contribution in [2.45, 2.75) is 6.10 Å². The van der Waals surface area contributed by atoms with Crippen LogP contribution in [0.25, 0.3) is 0 Å². The monoisotopic (exact) mass is 323 g/mol. The normalized spacial score (nSPS) is 17.6. The van der Waals surface area contributed by atoms with E-state index in [1.165, 1.54) is 0 Å². The molecule has 0 bridgehead atoms. The second-order valence-corrected chi connectivity index (χ2v) is 5.48. The largest absolute Gasteiger partial charge is 0.480 e. The van der Waals surface area contributed by atoms with E-state index in [2.05, 4.69) is 33.4 Å². The summed E-state index contributed by atoms with van der Waals surface area (Å²) in [6.07, 6.45) is -0.00880. The molecule has 3 rings (SSSR count). The number of ether oxygens (including phenoxy) is 1. The number of nitrogens with one attached hydrogen (secondary N) is 1. The van der Waals surface area contributed by atoms with Gasteiger partial charge in [-0.3, -0.25) is 0 Å². The molecule has 18 heavy (non-hydrogen) atoms. The van der Waals surface area contributed by atoms with E-state index < -0.39 is 0 Å². The molecule has 2 aromatic rings. The van der Waals surface area contributed by atoms with Gasteiger partial charge in [-0.2, -0.15) is 0 Å². The van der Waals surface area contributed by atoms with Gasteiger partial charge < -0.3 is 10.1 Å². The van der Waals surface area contributed by atoms with E-state index in [-0.39, 0.29) is 6.10 Å². The topological polar surface area (TPSA) is 21.3 Å². The van der Waals surface area contributed by atoms with E-state index >= 15 is 0 Å². The third-order valence-electron chi connectivity index (χ3n) is 2.95. The van der Waals surface area contributed by atoms with Gasteiger partial charge in [0.15, 0.2) is 5.75 Å². The Balaban J connectivity index is 1.90. The number of hydrogen-bond acceptors (Lipinski definition) is 2. The van der Waals surface area contributed by atoms with Crippen LogP contribution >= 0.6 is 27.5 Å². The van der Waals surface area contributed by atoms with Crippen molar-refractivity contribution in [2.75, 3.05) is 11.9 Å². The van der Waals surface area contributed by atoms with Crippen LogP contribution in [0.2, 0.25) is 5.02 Å². The second kappa shape index (κ2) is 4.82. The van der Waals surface area contributed by atoms with E-state index in [1.807, 2.05) is 30.3 Å². The molecule has 2 aromatic carbocycles. The van der Waals surface area contributed by atoms with Crippen LogP contribution in [0, 0.1) is 0 Å². The lowest BCUT2D eigenvalue weighted by atomic mass is 10.1. The first-order chi connectivity index (χ1) is 8.74. The maximum absolute atomic E-state index is 6.15. The Hall–Kier alpha value is -1.19. The van der Waals surface area contributed by atoms with Crippen LogP contribution in [0.3, 0.4) is 0 Å². The summed E-state index contributed by atoms with van der Waals surface area (Å²) in [6.45, 7) is 0.745. The molecule has 1 aliphatic heterocycles. The third-order valence-corrected chi connectivity index (χ3v) is 3.77. The molecule has 0 saturated carbocycles. The summed E-state index contributed by atoms with van der Waals surface area (Å²) < 4.78 is 7.04. The molecule has 1 atom stereocenters. The van der Waals surface area contributed by atoms with E-state index in [1.54, 1.807) is 0 Å². The van der Waals surface area contributed by atoms with Gasteiger partial charge in [0.1, 0.15) is 6.10 Å². The fraction of sp³-hybridized carbons (Fsp3) is 0.143. The predicted octanol–water partition coefficient (Wildman–Crippen LogP) is 4.65. The number of hydrogen-bond donors (Lipinski definition) is 1. The average Bonchev–Trinajstić information content (AvgIpc) is 2.40. The van der Waals surface area contributed by atoms with Crippen LogP contribution in [0.5, 0.6) is 5.75 Å². The first-order valence-electron chi connectivity index (χ1n) is 5.68. The van der Waals surface area contributed by atoms with Crippen LogP contribution < -0.4 is 10.1 Å². The molecule has 1 heterocycles. The van der Waals surface area contributed by atoms with Crippen molar-refractivity contribution in [3.8, 4) is 5.75 Å². The molecule has 0 amide bonds. The first kappa shape index (κ1) is 11.9. The molecule has 4 heteroatoms. The van der Waals surface area contributed by atoms with Gasteiger partial charge >= 0.3 is 0 Å². The highest BCUT2D eigenvalue weighted by molar-refractivity contribution is 9.10. The molecule has 1 aliphatic rings. The minimum absolute atomic E-state index is 0.00880. The van der Waals surface area contributed by atoms with Crippen LogP contribution in [0.4, 0.5) is 5.69 Å². The number of fused-ring (bicyclic) bond motifs is 1. The van der Waals surface area contributed by atoms with Gasteiger partial charge in [-0.05, 0) is 29.8 Å². The Kier molecular flexibility index (Phi) is 3.18. The van der Waals surface area contributed by atoms with Gasteiger partial charge in [0.25, 0.3) is 0 Å². The average molecular weight is 325 g/mol. The summed E-state index contributed by atoms with van der Waals surface area (Å²) in [5.41, 5.74) is 2.09. The highest BCUT2D eigenvalue weighted by Gasteiger charge is 2.22. The Labute approximate surface area is 119 Å². The van der Waals surface area contributed by atoms with Crippen molar-refractivity contribution < 1.29 is 4.74 Å². The summed E-state index contributed by atoms with van der Waals surface area (Å²) in [7, 11) is 0. The molecule has 92 valence electrons. The summed E-state index contributed by atoms with van der Waals surface area (Å²) in [5.74, 6) is 0.735. The molecule has 0 saturated heterocycles. The van der Waals surface area contributed by atoms with Crippen LogP contribution in [-0.2, 0) is 0 Å². The number of para-hydroxylation sites is 1. The van der Waals surface area contributed by atoms with Crippen molar-refractivity contribution in [1.29, 1.82) is 0 Å². The summed E-state index contributed by atoms with van der Waals surface area (Å²) >= 11 is 9.58. The van der Waals surface area contributed by atoms with Gasteiger partial charge in [0.05, 0.1) is 17.3 Å². The summed E-state index contributed by atoms with van der Waals surface area (Å²) in [4.78, 5) is 0. The molecule has 0 aromatic heterocycles. The van der Waals surface area contributed by atoms with Crippen molar-refractivity contribution in [3.05, 3.63) is 57.5 Å². The van der Waals surface area contributed by atoms with Gasteiger partial charge in [0, 0.05) is 4.47 Å². The van der Waals surface area contributed by atoms with Crippen LogP contribution in [-0.4, -0.2) is 6.54 Å². The van der Waals surface area contributed by atoms with Gasteiger partial charge in [0.2, 0.25) is 0 Å². The Morgan fingerprint density at radius 3 is 2.72 bits per heavy atom. The Morgan fingerprint density at radius 2 is 1.94 bits per heavy atom. The molecule has 2 nitrogen and oxygen atoms in total. The maximum Gasteiger partial charge on any atom is 0.161 e. The predicted molar refractivity (Wildman–Crippen MR) is 77.5 cm³/mol. The first-order valence-corrected chi connectivity index (χ1v) is 6.85. The van der Waals surface area contributed by atoms with Gasteiger partial charge in [-0.1, -0.05) is 45.7 Å². The summed E-state index contributed by atoms with van der Waals surface area (Å²) in [5, 5.41) is 3.99. The van der Waals surface area contributed by atoms with Crippen LogP contribution in [0.1, 0.15) is 11.7 Å².